The van der Waals surface area contributed by atoms with E-state index in [4.69, 9.17) is 19.9 Å². The molecule has 0 rings (SSSR count). The Kier molecular flexibility index (Phi) is 15.6. The highest BCUT2D eigenvalue weighted by molar-refractivity contribution is 7.85. The van der Waals surface area contributed by atoms with Crippen molar-refractivity contribution in [1.29, 1.82) is 0 Å². The van der Waals surface area contributed by atoms with E-state index in [1.807, 2.05) is 6.92 Å². The number of hydrogen-bond acceptors (Lipinski definition) is 7. The predicted octanol–water partition coefficient (Wildman–Crippen LogP) is -2.25. The van der Waals surface area contributed by atoms with Crippen LogP contribution in [0.25, 0.3) is 0 Å². The molecule has 5 N–H and O–H groups in total. The van der Waals surface area contributed by atoms with E-state index in [9.17, 15) is 8.42 Å². The van der Waals surface area contributed by atoms with Crippen molar-refractivity contribution < 1.29 is 28.3 Å². The summed E-state index contributed by atoms with van der Waals surface area (Å²) < 4.78 is 28.2. The molecule has 0 aliphatic carbocycles. The van der Waals surface area contributed by atoms with Crippen LogP contribution in [0.4, 0.5) is 0 Å². The first-order valence-corrected chi connectivity index (χ1v) is 7.73. The third-order valence-corrected chi connectivity index (χ3v) is 2.76. The molecule has 0 fully saturated rings. The van der Waals surface area contributed by atoms with Crippen LogP contribution in [0.3, 0.4) is 0 Å². The minimum absolute atomic E-state index is 0.0694. The van der Waals surface area contributed by atoms with Crippen LogP contribution in [0.2, 0.25) is 0 Å². The van der Waals surface area contributed by atoms with E-state index in [-0.39, 0.29) is 25.6 Å². The Balaban J connectivity index is 0. The molecule has 19 heavy (non-hydrogen) atoms. The Morgan fingerprint density at radius 2 is 1.42 bits per heavy atom. The second-order valence-corrected chi connectivity index (χ2v) is 5.22. The smallest absolute Gasteiger partial charge is 0.266 e. The van der Waals surface area contributed by atoms with E-state index in [1.54, 1.807) is 4.90 Å². The van der Waals surface area contributed by atoms with Gasteiger partial charge in [0, 0.05) is 26.2 Å². The molecule has 0 radical (unpaired) electrons. The highest BCUT2D eigenvalue weighted by Crippen LogP contribution is 1.84. The van der Waals surface area contributed by atoms with Crippen LogP contribution in [-0.4, -0.2) is 91.5 Å². The van der Waals surface area contributed by atoms with Crippen molar-refractivity contribution >= 4 is 10.1 Å². The third-order valence-electron chi connectivity index (χ3n) is 2.04. The fraction of sp³-hybridized carbons (Fsp3) is 1.00. The van der Waals surface area contributed by atoms with E-state index < -0.39 is 10.1 Å². The first-order chi connectivity index (χ1) is 8.91. The van der Waals surface area contributed by atoms with Gasteiger partial charge in [0.1, 0.15) is 0 Å². The van der Waals surface area contributed by atoms with E-state index >= 15 is 0 Å². The van der Waals surface area contributed by atoms with Gasteiger partial charge in [-0.05, 0) is 6.54 Å². The number of nitrogens with zero attached hydrogens (tertiary/aromatic N) is 1. The lowest BCUT2D eigenvalue weighted by Crippen LogP contribution is -2.32. The highest BCUT2D eigenvalue weighted by atomic mass is 32.2. The van der Waals surface area contributed by atoms with Gasteiger partial charge in [0.15, 0.2) is 0 Å². The predicted molar refractivity (Wildman–Crippen MR) is 72.7 cm³/mol. The summed E-state index contributed by atoms with van der Waals surface area (Å²) in [7, 11) is -3.76. The van der Waals surface area contributed by atoms with Gasteiger partial charge in [-0.2, -0.15) is 8.42 Å². The SMILES string of the molecule is CCNCCS(=O)(=O)O.OCCN(CCO)CCO. The zero-order valence-electron chi connectivity index (χ0n) is 11.3. The lowest BCUT2D eigenvalue weighted by atomic mass is 10.4. The summed E-state index contributed by atoms with van der Waals surface area (Å²) in [6.07, 6.45) is 0. The van der Waals surface area contributed by atoms with Crippen molar-refractivity contribution in [3.63, 3.8) is 0 Å². The summed E-state index contributed by atoms with van der Waals surface area (Å²) in [5.74, 6) is -0.208. The van der Waals surface area contributed by atoms with Gasteiger partial charge in [0.2, 0.25) is 0 Å². The van der Waals surface area contributed by atoms with Crippen LogP contribution in [0, 0.1) is 0 Å². The molecule has 0 aromatic rings. The molecule has 0 atom stereocenters. The molecule has 0 aliphatic heterocycles. The van der Waals surface area contributed by atoms with Gasteiger partial charge < -0.3 is 20.6 Å². The average molecular weight is 302 g/mol. The molecule has 0 saturated heterocycles. The molecule has 0 heterocycles. The Hall–Kier alpha value is -0.290. The van der Waals surface area contributed by atoms with Crippen LogP contribution in [0.1, 0.15) is 6.92 Å². The molecule has 0 aromatic heterocycles. The highest BCUT2D eigenvalue weighted by Gasteiger charge is 2.01. The number of hydrogen-bond donors (Lipinski definition) is 5. The zero-order valence-corrected chi connectivity index (χ0v) is 12.1. The maximum Gasteiger partial charge on any atom is 0.266 e. The number of nitrogens with one attached hydrogen (secondary N) is 1. The first-order valence-electron chi connectivity index (χ1n) is 6.12. The van der Waals surface area contributed by atoms with Crippen LogP contribution in [0.5, 0.6) is 0 Å². The van der Waals surface area contributed by atoms with Gasteiger partial charge in [-0.25, -0.2) is 0 Å². The summed E-state index contributed by atoms with van der Waals surface area (Å²) in [5, 5.41) is 28.2. The standard InChI is InChI=1S/C6H15NO3.C4H11NO3S/c8-4-1-7(2-5-9)3-6-10;1-2-5-3-4-9(6,7)8/h8-10H,1-6H2;5H,2-4H2,1H3,(H,6,7,8). The number of aliphatic hydroxyl groups is 3. The van der Waals surface area contributed by atoms with Crippen LogP contribution in [-0.2, 0) is 10.1 Å². The topological polar surface area (TPSA) is 130 Å². The molecular formula is C10H26N2O6S. The zero-order chi connectivity index (χ0) is 15.1. The summed E-state index contributed by atoms with van der Waals surface area (Å²) in [6, 6.07) is 0. The average Bonchev–Trinajstić information content (AvgIpc) is 2.30. The Labute approximate surface area is 114 Å². The fourth-order valence-corrected chi connectivity index (χ4v) is 1.54. The molecular weight excluding hydrogens is 276 g/mol. The lowest BCUT2D eigenvalue weighted by Gasteiger charge is -2.17. The minimum atomic E-state index is -3.76. The van der Waals surface area contributed by atoms with E-state index in [1.165, 1.54) is 0 Å². The second kappa shape index (κ2) is 14.1. The summed E-state index contributed by atoms with van der Waals surface area (Å²) in [5.41, 5.74) is 0. The van der Waals surface area contributed by atoms with Crippen molar-refractivity contribution in [1.82, 2.24) is 10.2 Å². The molecule has 0 aromatic carbocycles. The second-order valence-electron chi connectivity index (χ2n) is 3.65. The summed E-state index contributed by atoms with van der Waals surface area (Å²) in [6.45, 7) is 4.65. The summed E-state index contributed by atoms with van der Waals surface area (Å²) in [4.78, 5) is 1.79. The van der Waals surface area contributed by atoms with E-state index in [2.05, 4.69) is 5.32 Å². The molecule has 8 nitrogen and oxygen atoms in total. The summed E-state index contributed by atoms with van der Waals surface area (Å²) >= 11 is 0. The monoisotopic (exact) mass is 302 g/mol. The Morgan fingerprint density at radius 1 is 1.00 bits per heavy atom. The lowest BCUT2D eigenvalue weighted by molar-refractivity contribution is 0.136. The Bertz CT molecular complexity index is 259. The molecule has 0 spiro atoms. The van der Waals surface area contributed by atoms with Crippen LogP contribution >= 0.6 is 0 Å². The van der Waals surface area contributed by atoms with E-state index in [0.717, 1.165) is 6.54 Å². The van der Waals surface area contributed by atoms with Crippen LogP contribution in [0.15, 0.2) is 0 Å². The van der Waals surface area contributed by atoms with Crippen LogP contribution < -0.4 is 5.32 Å². The van der Waals surface area contributed by atoms with Gasteiger partial charge in [0.05, 0.1) is 25.6 Å². The molecule has 0 aliphatic rings. The van der Waals surface area contributed by atoms with Gasteiger partial charge >= 0.3 is 0 Å². The van der Waals surface area contributed by atoms with Gasteiger partial charge in [-0.3, -0.25) is 9.45 Å². The molecule has 9 heteroatoms. The fourth-order valence-electron chi connectivity index (χ4n) is 1.14. The molecule has 0 saturated carbocycles. The largest absolute Gasteiger partial charge is 0.395 e. The maximum absolute atomic E-state index is 10.0. The normalized spacial score (nSPS) is 11.3. The third kappa shape index (κ3) is 20.2. The molecule has 118 valence electrons. The molecule has 0 unspecified atom stereocenters. The van der Waals surface area contributed by atoms with Gasteiger partial charge in [-0.15, -0.1) is 0 Å². The quantitative estimate of drug-likeness (QED) is 0.226. The van der Waals surface area contributed by atoms with Crippen molar-refractivity contribution in [2.45, 2.75) is 6.92 Å². The van der Waals surface area contributed by atoms with E-state index in [0.29, 0.717) is 26.2 Å². The number of aliphatic hydroxyl groups excluding tert-OH is 3. The molecule has 0 amide bonds. The van der Waals surface area contributed by atoms with Crippen molar-refractivity contribution in [2.75, 3.05) is 58.3 Å². The van der Waals surface area contributed by atoms with Crippen molar-refractivity contribution in [3.05, 3.63) is 0 Å². The molecule has 0 bridgehead atoms. The van der Waals surface area contributed by atoms with Crippen molar-refractivity contribution in [3.8, 4) is 0 Å². The van der Waals surface area contributed by atoms with Crippen molar-refractivity contribution in [2.24, 2.45) is 0 Å². The maximum atomic E-state index is 10.0. The Morgan fingerprint density at radius 3 is 1.68 bits per heavy atom. The van der Waals surface area contributed by atoms with Gasteiger partial charge in [-0.1, -0.05) is 6.92 Å². The van der Waals surface area contributed by atoms with Gasteiger partial charge in [0.25, 0.3) is 10.1 Å². The minimum Gasteiger partial charge on any atom is -0.395 e. The first kappa shape index (κ1) is 21.0. The number of rotatable bonds is 10.